The van der Waals surface area contributed by atoms with E-state index >= 15 is 0 Å². The predicted octanol–water partition coefficient (Wildman–Crippen LogP) is 11.5. The number of nitrogens with zero attached hydrogens (tertiary/aromatic N) is 2. The zero-order chi connectivity index (χ0) is 47.7. The van der Waals surface area contributed by atoms with Crippen molar-refractivity contribution in [1.82, 2.24) is 19.9 Å². The molecule has 68 heavy (non-hydrogen) atoms. The Morgan fingerprint density at radius 1 is 0.485 bits per heavy atom. The molecule has 0 unspecified atom stereocenters. The Morgan fingerprint density at radius 2 is 0.882 bits per heavy atom. The summed E-state index contributed by atoms with van der Waals surface area (Å²) in [5, 5.41) is 13.1. The number of amides is 4. The molecule has 12 heteroatoms. The quantitative estimate of drug-likeness (QED) is 0.0798. The minimum Gasteiger partial charge on any atom is -0.355 e. The molecule has 4 aliphatic carbocycles. The molecule has 6 N–H and O–H groups in total. The van der Waals surface area contributed by atoms with Gasteiger partial charge in [-0.25, -0.2) is 4.98 Å². The molecule has 12 nitrogen and oxygen atoms in total. The van der Waals surface area contributed by atoms with E-state index in [9.17, 15) is 19.2 Å². The summed E-state index contributed by atoms with van der Waals surface area (Å²) in [6.45, 7) is 16.9. The van der Waals surface area contributed by atoms with E-state index in [0.717, 1.165) is 70.3 Å². The van der Waals surface area contributed by atoms with Gasteiger partial charge in [-0.2, -0.15) is 0 Å². The molecule has 5 aromatic rings. The number of hydrogen-bond donors (Lipinski definition) is 6. The molecular weight excluding hydrogens is 849 g/mol. The summed E-state index contributed by atoms with van der Waals surface area (Å²) < 4.78 is 0. The van der Waals surface area contributed by atoms with Crippen molar-refractivity contribution in [2.24, 2.45) is 45.3 Å². The third-order valence-electron chi connectivity index (χ3n) is 15.7. The lowest BCUT2D eigenvalue weighted by Crippen LogP contribution is -2.19. The smallest absolute Gasteiger partial charge is 0.228 e. The molecule has 2 aromatic carbocycles. The summed E-state index contributed by atoms with van der Waals surface area (Å²) in [5.41, 5.74) is 11.2. The van der Waals surface area contributed by atoms with Crippen molar-refractivity contribution >= 4 is 80.6 Å². The van der Waals surface area contributed by atoms with Crippen LogP contribution in [-0.4, -0.2) is 43.6 Å². The number of carbonyl (C=O) groups is 4. The Balaban J connectivity index is 1.10. The second-order valence-electron chi connectivity index (χ2n) is 22.9. The van der Waals surface area contributed by atoms with Crippen LogP contribution in [0, 0.1) is 45.3 Å². The van der Waals surface area contributed by atoms with Gasteiger partial charge in [0, 0.05) is 73.7 Å². The fourth-order valence-corrected chi connectivity index (χ4v) is 10.5. The average Bonchev–Trinajstić information content (AvgIpc) is 4.09. The molecule has 0 radical (unpaired) electrons. The number of fused-ring (bicyclic) bond motifs is 8. The van der Waals surface area contributed by atoms with Crippen LogP contribution in [0.25, 0.3) is 56.5 Å². The van der Waals surface area contributed by atoms with E-state index in [1.54, 1.807) is 0 Å². The monoisotopic (exact) mass is 908 g/mol. The van der Waals surface area contributed by atoms with Gasteiger partial charge < -0.3 is 31.2 Å². The van der Waals surface area contributed by atoms with Crippen LogP contribution in [0.4, 0.5) is 22.7 Å². The number of aromatic nitrogens is 4. The number of hydrogen-bond acceptors (Lipinski definition) is 6. The van der Waals surface area contributed by atoms with E-state index in [1.807, 2.05) is 78.9 Å². The lowest BCUT2D eigenvalue weighted by Gasteiger charge is -2.18. The van der Waals surface area contributed by atoms with Gasteiger partial charge in [0.25, 0.3) is 0 Å². The SMILES string of the molecule is CC1(C)C[C@@H]1C(=O)Nc1cccc(NC(=O)[C@@H]2CC2(C)C)c1-c1c2nc(cc3ccc([nH]3)c(-c3c(NC(=O)[C@H]4CC4(C)C)cccc3NC(=O)[C@@H]3CC3(C)C)c3nc(cc4ccc1[nH]4)CC3)C=C2. The molecular formula is C56H60N8O4. The number of rotatable bonds is 10. The van der Waals surface area contributed by atoms with Crippen LogP contribution in [0.1, 0.15) is 104 Å². The van der Waals surface area contributed by atoms with Gasteiger partial charge >= 0.3 is 0 Å². The summed E-state index contributed by atoms with van der Waals surface area (Å²) in [7, 11) is 0. The summed E-state index contributed by atoms with van der Waals surface area (Å²) in [4.78, 5) is 73.3. The molecule has 348 valence electrons. The molecule has 0 saturated heterocycles. The molecule has 11 rings (SSSR count). The Labute approximate surface area is 396 Å². The van der Waals surface area contributed by atoms with Crippen molar-refractivity contribution in [3.8, 4) is 22.3 Å². The van der Waals surface area contributed by atoms with Crippen LogP contribution >= 0.6 is 0 Å². The molecule has 2 aliphatic heterocycles. The first-order valence-corrected chi connectivity index (χ1v) is 24.1. The molecule has 5 heterocycles. The second kappa shape index (κ2) is 15.3. The fourth-order valence-electron chi connectivity index (χ4n) is 10.5. The number of anilines is 4. The van der Waals surface area contributed by atoms with Crippen molar-refractivity contribution in [3.05, 3.63) is 95.6 Å². The summed E-state index contributed by atoms with van der Waals surface area (Å²) in [5.74, 6) is -0.638. The van der Waals surface area contributed by atoms with Gasteiger partial charge in [0.15, 0.2) is 0 Å². The predicted molar refractivity (Wildman–Crippen MR) is 270 cm³/mol. The number of aromatic amines is 2. The maximum Gasteiger partial charge on any atom is 0.228 e. The van der Waals surface area contributed by atoms with Crippen molar-refractivity contribution in [2.45, 2.75) is 93.9 Å². The Morgan fingerprint density at radius 3 is 1.31 bits per heavy atom. The van der Waals surface area contributed by atoms with Crippen molar-refractivity contribution < 1.29 is 19.2 Å². The highest BCUT2D eigenvalue weighted by molar-refractivity contribution is 6.10. The van der Waals surface area contributed by atoms with E-state index in [2.05, 4.69) is 92.7 Å². The van der Waals surface area contributed by atoms with Gasteiger partial charge in [-0.05, 0) is 133 Å². The lowest BCUT2D eigenvalue weighted by atomic mass is 9.97. The number of benzene rings is 2. The van der Waals surface area contributed by atoms with E-state index in [1.165, 1.54) is 0 Å². The first kappa shape index (κ1) is 43.7. The van der Waals surface area contributed by atoms with Crippen molar-refractivity contribution in [2.75, 3.05) is 21.3 Å². The first-order chi connectivity index (χ1) is 32.2. The van der Waals surface area contributed by atoms with Crippen LogP contribution in [0.15, 0.2) is 72.8 Å². The third-order valence-corrected chi connectivity index (χ3v) is 15.7. The van der Waals surface area contributed by atoms with Gasteiger partial charge in [-0.1, -0.05) is 67.5 Å². The Hall–Kier alpha value is -6.82. The average molecular weight is 909 g/mol. The number of H-pyrrole nitrogens is 2. The molecule has 6 aliphatic rings. The van der Waals surface area contributed by atoms with Gasteiger partial charge in [-0.15, -0.1) is 0 Å². The third kappa shape index (κ3) is 8.11. The Kier molecular flexibility index (Phi) is 9.87. The zero-order valence-corrected chi connectivity index (χ0v) is 40.2. The van der Waals surface area contributed by atoms with Crippen molar-refractivity contribution in [1.29, 1.82) is 0 Å². The molecule has 4 atom stereocenters. The largest absolute Gasteiger partial charge is 0.355 e. The summed E-state index contributed by atoms with van der Waals surface area (Å²) in [6.07, 6.45) is 8.43. The molecule has 4 fully saturated rings. The van der Waals surface area contributed by atoms with E-state index in [4.69, 9.17) is 9.97 Å². The van der Waals surface area contributed by atoms with Crippen molar-refractivity contribution in [3.63, 3.8) is 0 Å². The minimum atomic E-state index is -0.118. The minimum absolute atomic E-state index is 0.0404. The second-order valence-corrected chi connectivity index (χ2v) is 22.9. The summed E-state index contributed by atoms with van der Waals surface area (Å²) >= 11 is 0. The molecule has 8 bridgehead atoms. The van der Waals surface area contributed by atoms with Gasteiger partial charge in [0.1, 0.15) is 0 Å². The first-order valence-electron chi connectivity index (χ1n) is 24.1. The summed E-state index contributed by atoms with van der Waals surface area (Å²) in [6, 6.07) is 23.5. The molecule has 0 spiro atoms. The normalized spacial score (nSPS) is 22.7. The zero-order valence-electron chi connectivity index (χ0n) is 40.2. The van der Waals surface area contributed by atoms with E-state index < -0.39 is 0 Å². The lowest BCUT2D eigenvalue weighted by molar-refractivity contribution is -0.118. The highest BCUT2D eigenvalue weighted by Gasteiger charge is 2.53. The highest BCUT2D eigenvalue weighted by atomic mass is 16.2. The van der Waals surface area contributed by atoms with Crippen LogP contribution < -0.4 is 21.3 Å². The maximum atomic E-state index is 13.8. The van der Waals surface area contributed by atoms with Crippen LogP contribution in [0.2, 0.25) is 0 Å². The highest BCUT2D eigenvalue weighted by Crippen LogP contribution is 2.55. The Bertz CT molecular complexity index is 3110. The molecule has 3 aromatic heterocycles. The molecule has 4 saturated carbocycles. The van der Waals surface area contributed by atoms with Gasteiger partial charge in [0.05, 0.1) is 39.8 Å². The standard InChI is InChI=1S/C56H60N8O4/c1-53(2)25-33(53)49(65)61-37-11-9-12-38(62-50(66)34-26-54(34,3)4)45(37)47-41-19-15-29(57-41)23-31-17-21-43(59-31)48(44-22-18-32(60-44)24-30-16-20-42(47)58-30)46-39(63-51(67)35-27-55(35,5)6)13-10-14-40(46)64-52(68)36-28-56(36,7)8/h9-17,19-21,23-24,33-36,58-59H,18,22,25-28H2,1-8H3,(H,61,65)(H,62,66)(H,63,67)(H,64,68)/t33-,34+,35-,36+. The van der Waals surface area contributed by atoms with Crippen LogP contribution in [0.3, 0.4) is 0 Å². The van der Waals surface area contributed by atoms with E-state index in [-0.39, 0.29) is 69.0 Å². The maximum absolute atomic E-state index is 13.8. The van der Waals surface area contributed by atoms with E-state index in [0.29, 0.717) is 58.1 Å². The number of carbonyl (C=O) groups excluding carboxylic acids is 4. The van der Waals surface area contributed by atoms with Gasteiger partial charge in [0.2, 0.25) is 23.6 Å². The molecule has 4 amide bonds. The number of aryl methyl sites for hydroxylation is 2. The fraction of sp³-hybridized carbons (Fsp3) is 0.393. The van der Waals surface area contributed by atoms with Gasteiger partial charge in [-0.3, -0.25) is 24.2 Å². The van der Waals surface area contributed by atoms with Crippen LogP contribution in [0.5, 0.6) is 0 Å². The number of nitrogens with one attached hydrogen (secondary N) is 6. The van der Waals surface area contributed by atoms with Crippen LogP contribution in [-0.2, 0) is 32.0 Å². The topological polar surface area (TPSA) is 174 Å².